The smallest absolute Gasteiger partial charge is 0.311 e. The molecule has 1 saturated carbocycles. The van der Waals surface area contributed by atoms with Crippen LogP contribution < -0.4 is 0 Å². The summed E-state index contributed by atoms with van der Waals surface area (Å²) in [6.45, 7) is 14.7. The molecule has 28 heavy (non-hydrogen) atoms. The predicted molar refractivity (Wildman–Crippen MR) is 117 cm³/mol. The lowest BCUT2D eigenvalue weighted by Crippen LogP contribution is -2.54. The van der Waals surface area contributed by atoms with Gasteiger partial charge >= 0.3 is 5.97 Å². The van der Waals surface area contributed by atoms with Crippen molar-refractivity contribution in [2.75, 3.05) is 7.11 Å². The number of methoxy groups -OCH3 is 1. The van der Waals surface area contributed by atoms with Crippen molar-refractivity contribution in [2.24, 2.45) is 11.3 Å². The molecule has 156 valence electrons. The Balaban J connectivity index is 2.31. The number of fused-ring (bicyclic) bond motifs is 3. The van der Waals surface area contributed by atoms with E-state index in [2.05, 4.69) is 58.6 Å². The van der Waals surface area contributed by atoms with Crippen LogP contribution in [0, 0.1) is 11.3 Å². The number of hydrogen-bond acceptors (Lipinski definition) is 3. The first-order valence-electron chi connectivity index (χ1n) is 11.6. The van der Waals surface area contributed by atoms with Crippen LogP contribution in [0.15, 0.2) is 18.2 Å². The second-order valence-electron chi connectivity index (χ2n) is 10.4. The van der Waals surface area contributed by atoms with Crippen molar-refractivity contribution in [3.63, 3.8) is 0 Å². The number of rotatable bonds is 4. The fourth-order valence-electron chi connectivity index (χ4n) is 5.30. The minimum absolute atomic E-state index is 0.309. The quantitative estimate of drug-likeness (QED) is 0.433. The molecular formula is C24H38O3Si. The molecule has 0 spiro atoms. The molecule has 0 radical (unpaired) electrons. The normalized spacial score (nSPS) is 35.5. The Bertz CT molecular complexity index is 832. The van der Waals surface area contributed by atoms with Crippen LogP contribution in [0.1, 0.15) is 84.8 Å². The molecule has 0 aromatic heterocycles. The Hall–Kier alpha value is -1.13. The van der Waals surface area contributed by atoms with Crippen LogP contribution in [0.25, 0.3) is 0 Å². The van der Waals surface area contributed by atoms with Crippen LogP contribution in [-0.4, -0.2) is 21.4 Å². The van der Waals surface area contributed by atoms with Gasteiger partial charge in [-0.2, -0.15) is 0 Å². The van der Waals surface area contributed by atoms with Crippen molar-refractivity contribution < 1.29 is 16.7 Å². The minimum Gasteiger partial charge on any atom is -0.469 e. The van der Waals surface area contributed by atoms with Gasteiger partial charge in [-0.3, -0.25) is 4.79 Å². The van der Waals surface area contributed by atoms with Gasteiger partial charge < -0.3 is 9.16 Å². The Morgan fingerprint density at radius 2 is 1.93 bits per heavy atom. The highest BCUT2D eigenvalue weighted by Crippen LogP contribution is 2.60. The number of benzene rings is 1. The van der Waals surface area contributed by atoms with Crippen LogP contribution in [0.2, 0.25) is 19.6 Å². The summed E-state index contributed by atoms with van der Waals surface area (Å²) in [7, 11) is -0.652. The molecule has 1 aromatic carbocycles. The van der Waals surface area contributed by atoms with E-state index in [-0.39, 0.29) is 5.97 Å². The summed E-state index contributed by atoms with van der Waals surface area (Å²) in [6, 6.07) is 6.51. The van der Waals surface area contributed by atoms with Gasteiger partial charge in [0.25, 0.3) is 0 Å². The van der Waals surface area contributed by atoms with E-state index in [4.69, 9.17) is 9.16 Å². The lowest BCUT2D eigenvalue weighted by molar-refractivity contribution is -0.162. The van der Waals surface area contributed by atoms with Crippen LogP contribution >= 0.6 is 0 Å². The third kappa shape index (κ3) is 3.58. The molecule has 0 heterocycles. The highest BCUT2D eigenvalue weighted by Gasteiger charge is 2.57. The SMILES string of the molecule is [2H]C1([2H])C2[C@](C)(C(=O)OC)CCC[C@]2(C)c2ccc(C(C)C)cc2[C@H]1O[Si](C)(C)C. The lowest BCUT2D eigenvalue weighted by atomic mass is 9.49. The highest BCUT2D eigenvalue weighted by atomic mass is 28.4. The van der Waals surface area contributed by atoms with Crippen molar-refractivity contribution in [2.45, 2.75) is 90.4 Å². The summed E-state index contributed by atoms with van der Waals surface area (Å²) in [4.78, 5) is 13.0. The monoisotopic (exact) mass is 404 g/mol. The van der Waals surface area contributed by atoms with E-state index in [1.165, 1.54) is 12.7 Å². The zero-order chi connectivity index (χ0) is 22.7. The van der Waals surface area contributed by atoms with Gasteiger partial charge in [0, 0.05) is 2.74 Å². The number of hydrogen-bond donors (Lipinski definition) is 0. The van der Waals surface area contributed by atoms with Gasteiger partial charge in [0.1, 0.15) is 0 Å². The summed E-state index contributed by atoms with van der Waals surface area (Å²) >= 11 is 0. The molecule has 2 aliphatic rings. The summed E-state index contributed by atoms with van der Waals surface area (Å²) in [5, 5.41) is 0. The van der Waals surface area contributed by atoms with E-state index in [1.54, 1.807) is 0 Å². The molecule has 3 rings (SSSR count). The average Bonchev–Trinajstić information content (AvgIpc) is 2.62. The summed E-state index contributed by atoms with van der Waals surface area (Å²) in [5.74, 6) is -0.473. The van der Waals surface area contributed by atoms with E-state index in [0.29, 0.717) is 12.3 Å². The van der Waals surface area contributed by atoms with E-state index in [0.717, 1.165) is 24.0 Å². The number of esters is 1. The third-order valence-corrected chi connectivity index (χ3v) is 7.69. The van der Waals surface area contributed by atoms with E-state index in [9.17, 15) is 7.54 Å². The Labute approximate surface area is 175 Å². The first-order chi connectivity index (χ1) is 13.7. The van der Waals surface area contributed by atoms with E-state index in [1.807, 2.05) is 6.92 Å². The average molecular weight is 405 g/mol. The summed E-state index contributed by atoms with van der Waals surface area (Å²) in [6.07, 6.45) is -0.00524. The first-order valence-corrected chi connectivity index (χ1v) is 14.0. The van der Waals surface area contributed by atoms with Crippen LogP contribution in [-0.2, 0) is 19.4 Å². The van der Waals surface area contributed by atoms with Crippen molar-refractivity contribution in [3.8, 4) is 0 Å². The van der Waals surface area contributed by atoms with Gasteiger partial charge in [-0.1, -0.05) is 45.4 Å². The molecule has 0 bridgehead atoms. The van der Waals surface area contributed by atoms with Crippen molar-refractivity contribution >= 4 is 14.3 Å². The van der Waals surface area contributed by atoms with E-state index < -0.39 is 37.5 Å². The zero-order valence-electron chi connectivity index (χ0n) is 20.8. The van der Waals surface area contributed by atoms with E-state index >= 15 is 0 Å². The Morgan fingerprint density at radius 1 is 1.25 bits per heavy atom. The predicted octanol–water partition coefficient (Wildman–Crippen LogP) is 6.34. The molecule has 1 aromatic rings. The molecule has 1 fully saturated rings. The highest BCUT2D eigenvalue weighted by molar-refractivity contribution is 6.69. The fourth-order valence-corrected chi connectivity index (χ4v) is 6.20. The molecule has 4 heteroatoms. The molecule has 0 saturated heterocycles. The van der Waals surface area contributed by atoms with Gasteiger partial charge in [0.15, 0.2) is 8.32 Å². The maximum atomic E-state index is 13.0. The topological polar surface area (TPSA) is 35.5 Å². The first kappa shape index (κ1) is 18.9. The molecule has 2 aliphatic carbocycles. The number of carbonyl (C=O) groups is 1. The standard InChI is InChI=1S/C24H38O3Si/c1-16(2)17-10-11-19-18(14-17)20(27-28(6,7)8)15-21-23(19,3)12-9-13-24(21,4)22(25)26-5/h10-11,14,16,20-21H,9,12-13,15H2,1-8H3/t20-,21?,23+,24+/m0/s1/i15D2. The van der Waals surface area contributed by atoms with Gasteiger partial charge in [-0.15, -0.1) is 0 Å². The fraction of sp³-hybridized carbons (Fsp3) is 0.708. The van der Waals surface area contributed by atoms with Gasteiger partial charge in [-0.25, -0.2) is 0 Å². The molecule has 0 aliphatic heterocycles. The molecule has 0 N–H and O–H groups in total. The van der Waals surface area contributed by atoms with Gasteiger partial charge in [-0.05, 0) is 79.7 Å². The second kappa shape index (κ2) is 7.28. The largest absolute Gasteiger partial charge is 0.469 e. The molecule has 0 amide bonds. The maximum Gasteiger partial charge on any atom is 0.311 e. The van der Waals surface area contributed by atoms with Gasteiger partial charge in [0.2, 0.25) is 0 Å². The molecular weight excluding hydrogens is 364 g/mol. The number of carbonyl (C=O) groups excluding carboxylic acids is 1. The van der Waals surface area contributed by atoms with Crippen molar-refractivity contribution in [3.05, 3.63) is 34.9 Å². The lowest BCUT2D eigenvalue weighted by Gasteiger charge is -2.56. The Morgan fingerprint density at radius 3 is 2.50 bits per heavy atom. The summed E-state index contributed by atoms with van der Waals surface area (Å²) < 4.78 is 30.6. The summed E-state index contributed by atoms with van der Waals surface area (Å²) in [5.41, 5.74) is 1.98. The maximum absolute atomic E-state index is 13.0. The molecule has 4 atom stereocenters. The molecule has 1 unspecified atom stereocenters. The third-order valence-electron chi connectivity index (χ3n) is 6.75. The Kier molecular flexibility index (Phi) is 4.91. The van der Waals surface area contributed by atoms with Crippen molar-refractivity contribution in [1.82, 2.24) is 0 Å². The number of ether oxygens (including phenoxy) is 1. The van der Waals surface area contributed by atoms with Crippen LogP contribution in [0.3, 0.4) is 0 Å². The van der Waals surface area contributed by atoms with Crippen molar-refractivity contribution in [1.29, 1.82) is 0 Å². The van der Waals surface area contributed by atoms with Gasteiger partial charge in [0.05, 0.1) is 18.6 Å². The molecule has 3 nitrogen and oxygen atoms in total. The van der Waals surface area contributed by atoms with Crippen LogP contribution in [0.5, 0.6) is 0 Å². The minimum atomic E-state index is -2.07. The van der Waals surface area contributed by atoms with Crippen LogP contribution in [0.4, 0.5) is 0 Å². The zero-order valence-corrected chi connectivity index (χ0v) is 19.8. The second-order valence-corrected chi connectivity index (χ2v) is 14.9.